The Labute approximate surface area is 159 Å². The van der Waals surface area contributed by atoms with Gasteiger partial charge in [0.1, 0.15) is 0 Å². The number of hydrogen-bond acceptors (Lipinski definition) is 7. The van der Waals surface area contributed by atoms with E-state index in [-0.39, 0.29) is 13.2 Å². The molecule has 0 spiro atoms. The monoisotopic (exact) mass is 383 g/mol. The van der Waals surface area contributed by atoms with Crippen LogP contribution in [0.2, 0.25) is 0 Å². The van der Waals surface area contributed by atoms with E-state index in [1.807, 2.05) is 54.8 Å². The number of para-hydroxylation sites is 1. The van der Waals surface area contributed by atoms with E-state index in [4.69, 9.17) is 4.74 Å². The maximum Gasteiger partial charge on any atom is 0.330 e. The quantitative estimate of drug-likeness (QED) is 0.493. The number of amides is 1. The van der Waals surface area contributed by atoms with Gasteiger partial charge >= 0.3 is 5.97 Å². The topological polar surface area (TPSA) is 99.0 Å². The van der Waals surface area contributed by atoms with E-state index in [9.17, 15) is 9.59 Å². The average Bonchev–Trinajstić information content (AvgIpc) is 3.16. The predicted molar refractivity (Wildman–Crippen MR) is 101 cm³/mol. The molecule has 138 valence electrons. The first-order chi connectivity index (χ1) is 13.2. The van der Waals surface area contributed by atoms with Crippen molar-refractivity contribution in [1.29, 1.82) is 0 Å². The Morgan fingerprint density at radius 1 is 1.11 bits per heavy atom. The first-order valence-corrected chi connectivity index (χ1v) is 9.30. The Balaban J connectivity index is 1.50. The van der Waals surface area contributed by atoms with Gasteiger partial charge in [-0.15, -0.1) is 22.0 Å². The summed E-state index contributed by atoms with van der Waals surface area (Å²) in [5.74, 6) is -0.628. The molecule has 8 nitrogen and oxygen atoms in total. The number of esters is 1. The summed E-state index contributed by atoms with van der Waals surface area (Å²) in [5.41, 5.74) is 1.47. The normalized spacial score (nSPS) is 10.4. The Kier molecular flexibility index (Phi) is 6.16. The molecule has 3 rings (SSSR count). The van der Waals surface area contributed by atoms with Crippen LogP contribution in [0.5, 0.6) is 0 Å². The van der Waals surface area contributed by atoms with Gasteiger partial charge in [-0.25, -0.2) is 4.79 Å². The first-order valence-electron chi connectivity index (χ1n) is 8.07. The van der Waals surface area contributed by atoms with Crippen molar-refractivity contribution in [3.8, 4) is 11.4 Å². The van der Waals surface area contributed by atoms with Crippen LogP contribution in [0.15, 0.2) is 59.5 Å². The van der Waals surface area contributed by atoms with Gasteiger partial charge < -0.3 is 10.1 Å². The number of rotatable bonds is 7. The highest BCUT2D eigenvalue weighted by Crippen LogP contribution is 2.24. The van der Waals surface area contributed by atoms with E-state index < -0.39 is 11.9 Å². The number of carbonyl (C=O) groups excluding carboxylic acids is 2. The summed E-state index contributed by atoms with van der Waals surface area (Å²) in [6.07, 6.45) is 1.92. The Bertz CT molecular complexity index is 930. The summed E-state index contributed by atoms with van der Waals surface area (Å²) in [6.45, 7) is -0.615. The average molecular weight is 383 g/mol. The molecule has 27 heavy (non-hydrogen) atoms. The van der Waals surface area contributed by atoms with Gasteiger partial charge in [-0.05, 0) is 23.6 Å². The minimum Gasteiger partial charge on any atom is -0.454 e. The van der Waals surface area contributed by atoms with E-state index in [0.717, 1.165) is 15.3 Å². The van der Waals surface area contributed by atoms with Crippen molar-refractivity contribution in [3.63, 3.8) is 0 Å². The molecule has 0 aliphatic heterocycles. The molecule has 1 aromatic heterocycles. The standard InChI is InChI=1S/C18H17N5O3S/c1-27-15-10-6-5-9-14(15)19-16(24)12-26-17(25)11-23-21-18(20-22-23)13-7-3-2-4-8-13/h2-10H,11-12H2,1H3,(H,19,24). The summed E-state index contributed by atoms with van der Waals surface area (Å²) in [4.78, 5) is 25.9. The number of nitrogens with one attached hydrogen (secondary N) is 1. The van der Waals surface area contributed by atoms with Crippen LogP contribution < -0.4 is 5.32 Å². The number of hydrogen-bond donors (Lipinski definition) is 1. The lowest BCUT2D eigenvalue weighted by atomic mass is 10.2. The predicted octanol–water partition coefficient (Wildman–Crippen LogP) is 2.24. The molecular formula is C18H17N5O3S. The van der Waals surface area contributed by atoms with Gasteiger partial charge in [0.2, 0.25) is 5.82 Å². The van der Waals surface area contributed by atoms with Crippen LogP contribution in [0, 0.1) is 0 Å². The SMILES string of the molecule is CSc1ccccc1NC(=O)COC(=O)Cn1nnc(-c2ccccc2)n1. The number of thioether (sulfide) groups is 1. The molecule has 0 saturated heterocycles. The number of benzene rings is 2. The van der Waals surface area contributed by atoms with Gasteiger partial charge in [0, 0.05) is 10.5 Å². The van der Waals surface area contributed by atoms with E-state index in [0.29, 0.717) is 11.5 Å². The largest absolute Gasteiger partial charge is 0.454 e. The van der Waals surface area contributed by atoms with Gasteiger partial charge in [0.05, 0.1) is 5.69 Å². The zero-order valence-corrected chi connectivity index (χ0v) is 15.3. The van der Waals surface area contributed by atoms with Crippen LogP contribution in [0.25, 0.3) is 11.4 Å². The van der Waals surface area contributed by atoms with Crippen molar-refractivity contribution < 1.29 is 14.3 Å². The van der Waals surface area contributed by atoms with Crippen LogP contribution in [0.4, 0.5) is 5.69 Å². The molecule has 0 fully saturated rings. The second-order valence-corrected chi connectivity index (χ2v) is 6.27. The maximum atomic E-state index is 12.0. The zero-order chi connectivity index (χ0) is 19.1. The van der Waals surface area contributed by atoms with E-state index >= 15 is 0 Å². The van der Waals surface area contributed by atoms with Crippen LogP contribution in [0.1, 0.15) is 0 Å². The van der Waals surface area contributed by atoms with Gasteiger partial charge in [0.15, 0.2) is 13.2 Å². The Morgan fingerprint density at radius 2 is 1.85 bits per heavy atom. The lowest BCUT2D eigenvalue weighted by Gasteiger charge is -2.09. The van der Waals surface area contributed by atoms with E-state index in [1.54, 1.807) is 6.07 Å². The lowest BCUT2D eigenvalue weighted by molar-refractivity contribution is -0.148. The molecular weight excluding hydrogens is 366 g/mol. The minimum atomic E-state index is -0.625. The van der Waals surface area contributed by atoms with Crippen LogP contribution >= 0.6 is 11.8 Å². The number of aromatic nitrogens is 4. The molecule has 1 heterocycles. The first kappa shape index (κ1) is 18.6. The number of anilines is 1. The zero-order valence-electron chi connectivity index (χ0n) is 14.5. The van der Waals surface area contributed by atoms with Crippen molar-refractivity contribution in [2.24, 2.45) is 0 Å². The van der Waals surface area contributed by atoms with Crippen LogP contribution in [-0.4, -0.2) is 44.9 Å². The summed E-state index contributed by atoms with van der Waals surface area (Å²) >= 11 is 1.51. The summed E-state index contributed by atoms with van der Waals surface area (Å²) in [7, 11) is 0. The molecule has 0 radical (unpaired) electrons. The third-order valence-corrected chi connectivity index (χ3v) is 4.30. The van der Waals surface area contributed by atoms with Crippen molar-refractivity contribution in [3.05, 3.63) is 54.6 Å². The van der Waals surface area contributed by atoms with Crippen LogP contribution in [-0.2, 0) is 20.9 Å². The molecule has 0 bridgehead atoms. The second-order valence-electron chi connectivity index (χ2n) is 5.42. The fraction of sp³-hybridized carbons (Fsp3) is 0.167. The fourth-order valence-corrected chi connectivity index (χ4v) is 2.81. The lowest BCUT2D eigenvalue weighted by Crippen LogP contribution is -2.23. The van der Waals surface area contributed by atoms with Gasteiger partial charge in [-0.2, -0.15) is 4.80 Å². The summed E-state index contributed by atoms with van der Waals surface area (Å²) in [5, 5.41) is 14.6. The molecule has 0 aliphatic rings. The highest BCUT2D eigenvalue weighted by Gasteiger charge is 2.13. The van der Waals surface area contributed by atoms with Gasteiger partial charge in [0.25, 0.3) is 5.91 Å². The molecule has 2 aromatic carbocycles. The molecule has 0 aliphatic carbocycles. The summed E-state index contributed by atoms with van der Waals surface area (Å²) < 4.78 is 4.98. The van der Waals surface area contributed by atoms with Crippen molar-refractivity contribution in [1.82, 2.24) is 20.2 Å². The molecule has 1 N–H and O–H groups in total. The van der Waals surface area contributed by atoms with Gasteiger partial charge in [-0.1, -0.05) is 42.5 Å². The van der Waals surface area contributed by atoms with Crippen molar-refractivity contribution in [2.45, 2.75) is 11.4 Å². The Morgan fingerprint density at radius 3 is 2.63 bits per heavy atom. The highest BCUT2D eigenvalue weighted by molar-refractivity contribution is 7.98. The van der Waals surface area contributed by atoms with Crippen LogP contribution in [0.3, 0.4) is 0 Å². The third kappa shape index (κ3) is 5.14. The molecule has 9 heteroatoms. The fourth-order valence-electron chi connectivity index (χ4n) is 2.25. The minimum absolute atomic E-state index is 0.228. The van der Waals surface area contributed by atoms with Gasteiger partial charge in [-0.3, -0.25) is 4.79 Å². The van der Waals surface area contributed by atoms with E-state index in [1.165, 1.54) is 11.8 Å². The molecule has 0 atom stereocenters. The van der Waals surface area contributed by atoms with Crippen molar-refractivity contribution in [2.75, 3.05) is 18.2 Å². The molecule has 0 unspecified atom stereocenters. The summed E-state index contributed by atoms with van der Waals surface area (Å²) in [6, 6.07) is 16.7. The Hall–Kier alpha value is -3.20. The third-order valence-electron chi connectivity index (χ3n) is 3.50. The number of carbonyl (C=O) groups is 2. The molecule has 0 saturated carbocycles. The number of nitrogens with zero attached hydrogens (tertiary/aromatic N) is 4. The number of tetrazole rings is 1. The second kappa shape index (κ2) is 8.95. The van der Waals surface area contributed by atoms with E-state index in [2.05, 4.69) is 20.7 Å². The number of ether oxygens (including phenoxy) is 1. The highest BCUT2D eigenvalue weighted by atomic mass is 32.2. The molecule has 3 aromatic rings. The smallest absolute Gasteiger partial charge is 0.330 e. The molecule has 1 amide bonds. The van der Waals surface area contributed by atoms with Crippen molar-refractivity contribution >= 4 is 29.3 Å². The maximum absolute atomic E-state index is 12.0.